The van der Waals surface area contributed by atoms with Crippen LogP contribution in [-0.4, -0.2) is 42.9 Å². The maximum atomic E-state index is 11.0. The van der Waals surface area contributed by atoms with Crippen LogP contribution in [0.25, 0.3) is 0 Å². The molecule has 0 spiro atoms. The smallest absolute Gasteiger partial charge is 0.320 e. The van der Waals surface area contributed by atoms with Crippen LogP contribution in [0.4, 0.5) is 0 Å². The number of likely N-dealkylation sites (N-methyl/N-ethyl adjacent to an activating group) is 1. The summed E-state index contributed by atoms with van der Waals surface area (Å²) in [5, 5.41) is 0. The van der Waals surface area contributed by atoms with Crippen LogP contribution in [0.3, 0.4) is 0 Å². The van der Waals surface area contributed by atoms with Crippen molar-refractivity contribution in [2.24, 2.45) is 0 Å². The zero-order valence-electron chi connectivity index (χ0n) is 8.50. The molecule has 0 saturated carbocycles. The van der Waals surface area contributed by atoms with Crippen molar-refractivity contribution in [2.75, 3.05) is 26.2 Å². The van der Waals surface area contributed by atoms with E-state index >= 15 is 0 Å². The van der Waals surface area contributed by atoms with Crippen LogP contribution in [0.5, 0.6) is 0 Å². The van der Waals surface area contributed by atoms with E-state index in [1.165, 1.54) is 6.92 Å². The predicted molar refractivity (Wildman–Crippen MR) is 49.4 cm³/mol. The highest BCUT2D eigenvalue weighted by Crippen LogP contribution is 1.90. The van der Waals surface area contributed by atoms with Crippen molar-refractivity contribution in [1.82, 2.24) is 4.90 Å². The van der Waals surface area contributed by atoms with Gasteiger partial charge in [0.15, 0.2) is 0 Å². The second kappa shape index (κ2) is 6.60. The van der Waals surface area contributed by atoms with Gasteiger partial charge in [0.25, 0.3) is 0 Å². The van der Waals surface area contributed by atoms with E-state index in [0.717, 1.165) is 0 Å². The molecule has 4 nitrogen and oxygen atoms in total. The van der Waals surface area contributed by atoms with Crippen LogP contribution < -0.4 is 0 Å². The molecule has 0 amide bonds. The monoisotopic (exact) mass is 187 g/mol. The average molecular weight is 187 g/mol. The van der Waals surface area contributed by atoms with Gasteiger partial charge in [-0.3, -0.25) is 14.5 Å². The third kappa shape index (κ3) is 6.28. The number of hydrogen-bond donors (Lipinski definition) is 0. The molecule has 0 radical (unpaired) electrons. The van der Waals surface area contributed by atoms with E-state index in [1.807, 2.05) is 6.92 Å². The molecule has 0 aliphatic rings. The number of carbonyl (C=O) groups excluding carboxylic acids is 2. The number of esters is 1. The van der Waals surface area contributed by atoms with Gasteiger partial charge in [-0.2, -0.15) is 0 Å². The first-order valence-electron chi connectivity index (χ1n) is 4.47. The Morgan fingerprint density at radius 2 is 1.85 bits per heavy atom. The Kier molecular flexibility index (Phi) is 6.14. The Morgan fingerprint density at radius 3 is 2.23 bits per heavy atom. The molecule has 4 heteroatoms. The van der Waals surface area contributed by atoms with E-state index in [-0.39, 0.29) is 18.3 Å². The van der Waals surface area contributed by atoms with Crippen LogP contribution in [0, 0.1) is 0 Å². The van der Waals surface area contributed by atoms with Gasteiger partial charge in [-0.25, -0.2) is 0 Å². The molecule has 0 aromatic rings. The lowest BCUT2D eigenvalue weighted by atomic mass is 10.4. The Bertz CT molecular complexity index is 180. The number of carbonyl (C=O) groups is 2. The van der Waals surface area contributed by atoms with E-state index in [2.05, 4.69) is 0 Å². The molecular weight excluding hydrogens is 170 g/mol. The molecule has 0 saturated heterocycles. The Labute approximate surface area is 78.9 Å². The third-order valence-electron chi connectivity index (χ3n) is 1.55. The number of nitrogens with zero attached hydrogens (tertiary/aromatic N) is 1. The lowest BCUT2D eigenvalue weighted by Crippen LogP contribution is -2.34. The maximum Gasteiger partial charge on any atom is 0.320 e. The zero-order chi connectivity index (χ0) is 10.3. The zero-order valence-corrected chi connectivity index (χ0v) is 8.50. The molecule has 76 valence electrons. The van der Waals surface area contributed by atoms with Gasteiger partial charge in [0.1, 0.15) is 5.78 Å². The molecule has 0 atom stereocenters. The minimum atomic E-state index is -0.273. The summed E-state index contributed by atoms with van der Waals surface area (Å²) < 4.78 is 4.76. The minimum Gasteiger partial charge on any atom is -0.465 e. The topological polar surface area (TPSA) is 46.6 Å². The Hall–Kier alpha value is -0.900. The molecule has 0 aromatic heterocycles. The van der Waals surface area contributed by atoms with Crippen molar-refractivity contribution < 1.29 is 14.3 Å². The SMILES string of the molecule is CCOC(=O)CN(CC)CC(C)=O. The number of hydrogen-bond acceptors (Lipinski definition) is 4. The molecule has 0 aliphatic carbocycles. The van der Waals surface area contributed by atoms with Crippen LogP contribution in [0.15, 0.2) is 0 Å². The molecule has 0 unspecified atom stereocenters. The Morgan fingerprint density at radius 1 is 1.23 bits per heavy atom. The quantitative estimate of drug-likeness (QED) is 0.567. The van der Waals surface area contributed by atoms with Crippen LogP contribution in [0.2, 0.25) is 0 Å². The summed E-state index contributed by atoms with van der Waals surface area (Å²) in [4.78, 5) is 23.5. The van der Waals surface area contributed by atoms with Crippen molar-refractivity contribution in [3.63, 3.8) is 0 Å². The van der Waals surface area contributed by atoms with Crippen molar-refractivity contribution in [3.05, 3.63) is 0 Å². The highest BCUT2D eigenvalue weighted by molar-refractivity contribution is 5.78. The van der Waals surface area contributed by atoms with Crippen LogP contribution in [-0.2, 0) is 14.3 Å². The fourth-order valence-electron chi connectivity index (χ4n) is 0.984. The first-order chi connectivity index (χ1) is 6.10. The first-order valence-corrected chi connectivity index (χ1v) is 4.47. The standard InChI is InChI=1S/C9H17NO3/c1-4-10(6-8(3)11)7-9(12)13-5-2/h4-7H2,1-3H3. The fraction of sp³-hybridized carbons (Fsp3) is 0.778. The van der Waals surface area contributed by atoms with E-state index < -0.39 is 0 Å². The molecule has 0 bridgehead atoms. The summed E-state index contributed by atoms with van der Waals surface area (Å²) in [5.74, 6) is -0.211. The lowest BCUT2D eigenvalue weighted by molar-refractivity contribution is -0.144. The second-order valence-corrected chi connectivity index (χ2v) is 2.81. The lowest BCUT2D eigenvalue weighted by Gasteiger charge is -2.16. The molecule has 0 aromatic carbocycles. The molecule has 0 heterocycles. The second-order valence-electron chi connectivity index (χ2n) is 2.81. The van der Waals surface area contributed by atoms with Gasteiger partial charge in [0, 0.05) is 0 Å². The number of rotatable bonds is 6. The van der Waals surface area contributed by atoms with Gasteiger partial charge < -0.3 is 4.74 Å². The molecule has 0 aliphatic heterocycles. The van der Waals surface area contributed by atoms with Crippen molar-refractivity contribution in [1.29, 1.82) is 0 Å². The highest BCUT2D eigenvalue weighted by Gasteiger charge is 2.10. The summed E-state index contributed by atoms with van der Waals surface area (Å²) in [5.41, 5.74) is 0. The predicted octanol–water partition coefficient (Wildman–Crippen LogP) is 0.460. The van der Waals surface area contributed by atoms with Crippen LogP contribution >= 0.6 is 0 Å². The average Bonchev–Trinajstić information content (AvgIpc) is 2.02. The van der Waals surface area contributed by atoms with Crippen molar-refractivity contribution in [2.45, 2.75) is 20.8 Å². The van der Waals surface area contributed by atoms with Gasteiger partial charge >= 0.3 is 5.97 Å². The van der Waals surface area contributed by atoms with Gasteiger partial charge in [0.05, 0.1) is 19.7 Å². The molecule has 13 heavy (non-hydrogen) atoms. The van der Waals surface area contributed by atoms with Crippen LogP contribution in [0.1, 0.15) is 20.8 Å². The normalized spacial score (nSPS) is 10.2. The Balaban J connectivity index is 3.83. The maximum absolute atomic E-state index is 11.0. The summed E-state index contributed by atoms with van der Waals surface area (Å²) in [6, 6.07) is 0. The summed E-state index contributed by atoms with van der Waals surface area (Å²) in [6.07, 6.45) is 0. The first kappa shape index (κ1) is 12.1. The van der Waals surface area contributed by atoms with Crippen molar-refractivity contribution in [3.8, 4) is 0 Å². The van der Waals surface area contributed by atoms with E-state index in [1.54, 1.807) is 11.8 Å². The fourth-order valence-corrected chi connectivity index (χ4v) is 0.984. The highest BCUT2D eigenvalue weighted by atomic mass is 16.5. The molecular formula is C9H17NO3. The minimum absolute atomic E-state index is 0.0612. The number of ketones is 1. The third-order valence-corrected chi connectivity index (χ3v) is 1.55. The molecule has 0 rings (SSSR count). The van der Waals surface area contributed by atoms with Crippen molar-refractivity contribution >= 4 is 11.8 Å². The van der Waals surface area contributed by atoms with Gasteiger partial charge in [-0.15, -0.1) is 0 Å². The van der Waals surface area contributed by atoms with Gasteiger partial charge in [-0.05, 0) is 20.4 Å². The van der Waals surface area contributed by atoms with E-state index in [0.29, 0.717) is 19.7 Å². The number of ether oxygens (including phenoxy) is 1. The summed E-state index contributed by atoms with van der Waals surface area (Å²) in [6.45, 7) is 6.75. The molecule has 0 fully saturated rings. The van der Waals surface area contributed by atoms with Gasteiger partial charge in [-0.1, -0.05) is 6.92 Å². The number of Topliss-reactive ketones (excluding diaryl/α,β-unsaturated/α-hetero) is 1. The summed E-state index contributed by atoms with van der Waals surface area (Å²) in [7, 11) is 0. The van der Waals surface area contributed by atoms with E-state index in [4.69, 9.17) is 4.74 Å². The van der Waals surface area contributed by atoms with Gasteiger partial charge in [0.2, 0.25) is 0 Å². The van der Waals surface area contributed by atoms with E-state index in [9.17, 15) is 9.59 Å². The largest absolute Gasteiger partial charge is 0.465 e. The molecule has 0 N–H and O–H groups in total. The summed E-state index contributed by atoms with van der Waals surface area (Å²) >= 11 is 0.